The molecular formula is C14H14O2. The average Bonchev–Trinajstić information content (AvgIpc) is 2.69. The van der Waals surface area contributed by atoms with Crippen molar-refractivity contribution in [1.82, 2.24) is 0 Å². The molecule has 0 aliphatic carbocycles. The van der Waals surface area contributed by atoms with Crippen LogP contribution in [0.1, 0.15) is 19.4 Å². The maximum absolute atomic E-state index is 10.9. The minimum atomic E-state index is 0.228. The van der Waals surface area contributed by atoms with Crippen molar-refractivity contribution in [2.75, 3.05) is 0 Å². The van der Waals surface area contributed by atoms with Gasteiger partial charge in [0.25, 0.3) is 0 Å². The number of furan rings is 1. The molecule has 1 heterocycles. The van der Waals surface area contributed by atoms with Crippen LogP contribution in [0.3, 0.4) is 0 Å². The zero-order valence-corrected chi connectivity index (χ0v) is 9.44. The Labute approximate surface area is 94.6 Å². The predicted octanol–water partition coefficient (Wildman–Crippen LogP) is 3.67. The van der Waals surface area contributed by atoms with Crippen LogP contribution in [0.4, 0.5) is 0 Å². The highest BCUT2D eigenvalue weighted by Gasteiger charge is 2.06. The lowest BCUT2D eigenvalue weighted by Gasteiger charge is -2.02. The Kier molecular flexibility index (Phi) is 2.91. The first-order chi connectivity index (χ1) is 7.72. The van der Waals surface area contributed by atoms with Gasteiger partial charge in [-0.05, 0) is 23.6 Å². The van der Waals surface area contributed by atoms with Gasteiger partial charge in [-0.2, -0.15) is 0 Å². The van der Waals surface area contributed by atoms with Gasteiger partial charge in [0.2, 0.25) is 0 Å². The van der Waals surface area contributed by atoms with Crippen LogP contribution < -0.4 is 0 Å². The van der Waals surface area contributed by atoms with E-state index in [-0.39, 0.29) is 5.92 Å². The van der Waals surface area contributed by atoms with Gasteiger partial charge < -0.3 is 4.42 Å². The number of carbonyl (C=O) groups excluding carboxylic acids is 1. The molecule has 2 aromatic rings. The number of hydrogen-bond acceptors (Lipinski definition) is 2. The molecule has 0 bridgehead atoms. The normalized spacial score (nSPS) is 12.3. The summed E-state index contributed by atoms with van der Waals surface area (Å²) in [7, 11) is 0. The Bertz CT molecular complexity index is 532. The summed E-state index contributed by atoms with van der Waals surface area (Å²) in [6.45, 7) is 4.00. The third kappa shape index (κ3) is 1.91. The van der Waals surface area contributed by atoms with E-state index in [0.29, 0.717) is 0 Å². The Balaban J connectivity index is 2.52. The van der Waals surface area contributed by atoms with Crippen molar-refractivity contribution >= 4 is 23.3 Å². The first-order valence-corrected chi connectivity index (χ1v) is 5.35. The van der Waals surface area contributed by atoms with Crippen LogP contribution in [0.25, 0.3) is 17.0 Å². The third-order valence-electron chi connectivity index (χ3n) is 2.64. The molecule has 0 atom stereocenters. The maximum atomic E-state index is 10.9. The van der Waals surface area contributed by atoms with Crippen molar-refractivity contribution in [2.24, 2.45) is 5.92 Å². The van der Waals surface area contributed by atoms with Gasteiger partial charge >= 0.3 is 0 Å². The van der Waals surface area contributed by atoms with Gasteiger partial charge in [0.05, 0.1) is 6.26 Å². The lowest BCUT2D eigenvalue weighted by Crippen LogP contribution is -1.94. The summed E-state index contributed by atoms with van der Waals surface area (Å²) in [5.41, 5.74) is 2.60. The molecule has 0 amide bonds. The fourth-order valence-corrected chi connectivity index (χ4v) is 1.63. The van der Waals surface area contributed by atoms with Crippen LogP contribution >= 0.6 is 0 Å². The minimum Gasteiger partial charge on any atom is -0.464 e. The van der Waals surface area contributed by atoms with Crippen molar-refractivity contribution in [1.29, 1.82) is 0 Å². The van der Waals surface area contributed by atoms with E-state index in [1.54, 1.807) is 6.26 Å². The quantitative estimate of drug-likeness (QED) is 0.576. The van der Waals surface area contributed by atoms with Crippen LogP contribution in [-0.2, 0) is 4.79 Å². The van der Waals surface area contributed by atoms with Crippen LogP contribution in [0.5, 0.6) is 0 Å². The van der Waals surface area contributed by atoms with E-state index in [2.05, 4.69) is 0 Å². The number of carbonyl (C=O) groups is 1. The zero-order chi connectivity index (χ0) is 11.5. The van der Waals surface area contributed by atoms with E-state index in [0.717, 1.165) is 28.4 Å². The highest BCUT2D eigenvalue weighted by atomic mass is 16.3. The highest BCUT2D eigenvalue weighted by molar-refractivity contribution is 5.91. The Morgan fingerprint density at radius 1 is 1.31 bits per heavy atom. The topological polar surface area (TPSA) is 30.2 Å². The van der Waals surface area contributed by atoms with E-state index < -0.39 is 0 Å². The second-order valence-corrected chi connectivity index (χ2v) is 4.10. The van der Waals surface area contributed by atoms with Gasteiger partial charge in [-0.15, -0.1) is 0 Å². The van der Waals surface area contributed by atoms with E-state index >= 15 is 0 Å². The molecule has 2 heteroatoms. The van der Waals surface area contributed by atoms with Gasteiger partial charge in [0, 0.05) is 10.9 Å². The van der Waals surface area contributed by atoms with Crippen molar-refractivity contribution in [3.05, 3.63) is 41.7 Å². The second-order valence-electron chi connectivity index (χ2n) is 4.10. The average molecular weight is 214 g/mol. The number of benzene rings is 1. The predicted molar refractivity (Wildman–Crippen MR) is 65.1 cm³/mol. The Hall–Kier alpha value is -1.83. The minimum absolute atomic E-state index is 0.228. The van der Waals surface area contributed by atoms with Gasteiger partial charge in [-0.3, -0.25) is 4.79 Å². The molecule has 1 aromatic carbocycles. The summed E-state index contributed by atoms with van der Waals surface area (Å²) in [6, 6.07) is 7.81. The Morgan fingerprint density at radius 2 is 2.06 bits per heavy atom. The standard InChI is InChI=1S/C14H14O2/c1-10(2)11(8-15)7-12-9-16-14-6-4-3-5-13(12)14/h3-10H,1-2H3/b11-7+. The molecule has 0 saturated heterocycles. The number of para-hydroxylation sites is 1. The molecule has 0 aliphatic heterocycles. The van der Waals surface area contributed by atoms with Gasteiger partial charge in [0.15, 0.2) is 0 Å². The molecule has 16 heavy (non-hydrogen) atoms. The molecule has 2 rings (SSSR count). The van der Waals surface area contributed by atoms with Gasteiger partial charge in [0.1, 0.15) is 11.9 Å². The lowest BCUT2D eigenvalue weighted by atomic mass is 10.0. The molecule has 82 valence electrons. The number of allylic oxidation sites excluding steroid dienone is 1. The maximum Gasteiger partial charge on any atom is 0.146 e. The van der Waals surface area contributed by atoms with E-state index in [9.17, 15) is 4.79 Å². The molecule has 2 nitrogen and oxygen atoms in total. The number of aldehydes is 1. The molecule has 0 radical (unpaired) electrons. The van der Waals surface area contributed by atoms with Crippen molar-refractivity contribution in [3.8, 4) is 0 Å². The summed E-state index contributed by atoms with van der Waals surface area (Å²) < 4.78 is 5.41. The fourth-order valence-electron chi connectivity index (χ4n) is 1.63. The van der Waals surface area contributed by atoms with Crippen LogP contribution in [0.2, 0.25) is 0 Å². The van der Waals surface area contributed by atoms with Gasteiger partial charge in [-0.1, -0.05) is 32.0 Å². The molecule has 1 aromatic heterocycles. The largest absolute Gasteiger partial charge is 0.464 e. The molecule has 0 unspecified atom stereocenters. The lowest BCUT2D eigenvalue weighted by molar-refractivity contribution is -0.105. The van der Waals surface area contributed by atoms with Gasteiger partial charge in [-0.25, -0.2) is 0 Å². The first-order valence-electron chi connectivity index (χ1n) is 5.35. The summed E-state index contributed by atoms with van der Waals surface area (Å²) in [5.74, 6) is 0.228. The SMILES string of the molecule is CC(C)/C(C=O)=C/c1coc2ccccc12. The molecule has 0 spiro atoms. The number of hydrogen-bond donors (Lipinski definition) is 0. The summed E-state index contributed by atoms with van der Waals surface area (Å²) >= 11 is 0. The van der Waals surface area contributed by atoms with Crippen LogP contribution in [-0.4, -0.2) is 6.29 Å². The highest BCUT2D eigenvalue weighted by Crippen LogP contribution is 2.23. The molecular weight excluding hydrogens is 200 g/mol. The third-order valence-corrected chi connectivity index (χ3v) is 2.64. The van der Waals surface area contributed by atoms with E-state index in [4.69, 9.17) is 4.42 Å². The molecule has 0 aliphatic rings. The van der Waals surface area contributed by atoms with Crippen molar-refractivity contribution < 1.29 is 9.21 Å². The van der Waals surface area contributed by atoms with Crippen LogP contribution in [0.15, 0.2) is 40.5 Å². The number of fused-ring (bicyclic) bond motifs is 1. The van der Waals surface area contributed by atoms with E-state index in [1.807, 2.05) is 44.2 Å². The van der Waals surface area contributed by atoms with Crippen molar-refractivity contribution in [2.45, 2.75) is 13.8 Å². The Morgan fingerprint density at radius 3 is 2.75 bits per heavy atom. The van der Waals surface area contributed by atoms with Crippen molar-refractivity contribution in [3.63, 3.8) is 0 Å². The zero-order valence-electron chi connectivity index (χ0n) is 9.44. The molecule has 0 N–H and O–H groups in total. The van der Waals surface area contributed by atoms with Crippen LogP contribution in [0, 0.1) is 5.92 Å². The monoisotopic (exact) mass is 214 g/mol. The molecule has 0 saturated carbocycles. The fraction of sp³-hybridized carbons (Fsp3) is 0.214. The smallest absolute Gasteiger partial charge is 0.146 e. The summed E-state index contributed by atoms with van der Waals surface area (Å²) in [6.07, 6.45) is 4.49. The summed E-state index contributed by atoms with van der Waals surface area (Å²) in [5, 5.41) is 1.04. The molecule has 0 fully saturated rings. The second kappa shape index (κ2) is 4.35. The summed E-state index contributed by atoms with van der Waals surface area (Å²) in [4.78, 5) is 10.9. The first kappa shape index (κ1) is 10.7. The van der Waals surface area contributed by atoms with E-state index in [1.165, 1.54) is 0 Å². The number of rotatable bonds is 3.